The number of halogens is 1. The third kappa shape index (κ3) is 7.48. The SMILES string of the molecule is CCOc1cc(/C=N\NC(=O)[C@H](C)Oc2cccc(Cl)c2)ccc1OC(=O)c1ccc(OC)cc1. The van der Waals surface area contributed by atoms with Gasteiger partial charge in [-0.15, -0.1) is 0 Å². The van der Waals surface area contributed by atoms with E-state index in [1.54, 1.807) is 80.8 Å². The van der Waals surface area contributed by atoms with E-state index in [0.717, 1.165) is 0 Å². The predicted octanol–water partition coefficient (Wildman–Crippen LogP) is 4.88. The van der Waals surface area contributed by atoms with Gasteiger partial charge in [0.05, 0.1) is 25.5 Å². The molecule has 0 heterocycles. The fourth-order valence-electron chi connectivity index (χ4n) is 2.90. The van der Waals surface area contributed by atoms with Gasteiger partial charge in [0.1, 0.15) is 11.5 Å². The molecule has 0 radical (unpaired) electrons. The van der Waals surface area contributed by atoms with Crippen molar-refractivity contribution < 1.29 is 28.5 Å². The normalized spacial score (nSPS) is 11.5. The molecule has 0 aliphatic heterocycles. The van der Waals surface area contributed by atoms with Crippen molar-refractivity contribution in [3.8, 4) is 23.0 Å². The molecule has 35 heavy (non-hydrogen) atoms. The molecule has 0 fully saturated rings. The summed E-state index contributed by atoms with van der Waals surface area (Å²) in [6, 6.07) is 18.3. The van der Waals surface area contributed by atoms with Crippen molar-refractivity contribution in [1.29, 1.82) is 0 Å². The van der Waals surface area contributed by atoms with E-state index in [9.17, 15) is 9.59 Å². The molecule has 0 aromatic heterocycles. The maximum Gasteiger partial charge on any atom is 0.343 e. The average molecular weight is 497 g/mol. The molecule has 0 aliphatic carbocycles. The van der Waals surface area contributed by atoms with E-state index in [2.05, 4.69) is 10.5 Å². The maximum atomic E-state index is 12.5. The number of hydrazone groups is 1. The second-order valence-electron chi connectivity index (χ2n) is 7.21. The Hall–Kier alpha value is -4.04. The Morgan fingerprint density at radius 2 is 1.80 bits per heavy atom. The fourth-order valence-corrected chi connectivity index (χ4v) is 3.08. The Morgan fingerprint density at radius 1 is 1.03 bits per heavy atom. The van der Waals surface area contributed by atoms with Gasteiger partial charge in [0, 0.05) is 5.02 Å². The van der Waals surface area contributed by atoms with Crippen LogP contribution in [0.15, 0.2) is 71.8 Å². The largest absolute Gasteiger partial charge is 0.497 e. The number of amides is 1. The van der Waals surface area contributed by atoms with Crippen LogP contribution in [-0.4, -0.2) is 37.9 Å². The van der Waals surface area contributed by atoms with Crippen LogP contribution in [0.5, 0.6) is 23.0 Å². The molecule has 1 amide bonds. The van der Waals surface area contributed by atoms with Crippen LogP contribution in [-0.2, 0) is 4.79 Å². The van der Waals surface area contributed by atoms with E-state index in [1.807, 2.05) is 6.92 Å². The third-order valence-corrected chi connectivity index (χ3v) is 4.90. The standard InChI is InChI=1S/C26H25ClN2O6/c1-4-33-24-14-18(8-13-23(24)35-26(31)19-9-11-21(32-3)12-10-19)16-28-29-25(30)17(2)34-22-7-5-6-20(27)15-22/h5-17H,4H2,1-3H3,(H,29,30)/b28-16-/t17-/m0/s1. The van der Waals surface area contributed by atoms with E-state index in [1.165, 1.54) is 6.21 Å². The molecule has 3 aromatic rings. The summed E-state index contributed by atoms with van der Waals surface area (Å²) in [5, 5.41) is 4.48. The number of carbonyl (C=O) groups is 2. The van der Waals surface area contributed by atoms with Crippen molar-refractivity contribution in [2.75, 3.05) is 13.7 Å². The highest BCUT2D eigenvalue weighted by Gasteiger charge is 2.15. The van der Waals surface area contributed by atoms with E-state index in [4.69, 9.17) is 30.5 Å². The van der Waals surface area contributed by atoms with Gasteiger partial charge in [-0.25, -0.2) is 10.2 Å². The van der Waals surface area contributed by atoms with Gasteiger partial charge in [0.2, 0.25) is 0 Å². The summed E-state index contributed by atoms with van der Waals surface area (Å²) in [6.45, 7) is 3.78. The van der Waals surface area contributed by atoms with Crippen molar-refractivity contribution in [2.45, 2.75) is 20.0 Å². The molecular weight excluding hydrogens is 472 g/mol. The molecule has 0 spiro atoms. The Balaban J connectivity index is 1.62. The number of benzene rings is 3. The first-order valence-electron chi connectivity index (χ1n) is 10.8. The monoisotopic (exact) mass is 496 g/mol. The molecule has 1 atom stereocenters. The second-order valence-corrected chi connectivity index (χ2v) is 7.65. The van der Waals surface area contributed by atoms with Gasteiger partial charge in [0.25, 0.3) is 5.91 Å². The number of hydrogen-bond donors (Lipinski definition) is 1. The highest BCUT2D eigenvalue weighted by molar-refractivity contribution is 6.30. The number of methoxy groups -OCH3 is 1. The molecule has 8 nitrogen and oxygen atoms in total. The van der Waals surface area contributed by atoms with Crippen molar-refractivity contribution in [3.63, 3.8) is 0 Å². The van der Waals surface area contributed by atoms with Crippen LogP contribution in [0.3, 0.4) is 0 Å². The van der Waals surface area contributed by atoms with Gasteiger partial charge < -0.3 is 18.9 Å². The highest BCUT2D eigenvalue weighted by atomic mass is 35.5. The van der Waals surface area contributed by atoms with Crippen molar-refractivity contribution >= 4 is 29.7 Å². The van der Waals surface area contributed by atoms with E-state index in [0.29, 0.717) is 40.0 Å². The first-order valence-corrected chi connectivity index (χ1v) is 11.2. The van der Waals surface area contributed by atoms with Crippen LogP contribution in [0.25, 0.3) is 0 Å². The maximum absolute atomic E-state index is 12.5. The van der Waals surface area contributed by atoms with Gasteiger partial charge in [0.15, 0.2) is 17.6 Å². The Kier molecular flexibility index (Phi) is 9.09. The zero-order valence-corrected chi connectivity index (χ0v) is 20.2. The first-order chi connectivity index (χ1) is 16.9. The summed E-state index contributed by atoms with van der Waals surface area (Å²) in [5.41, 5.74) is 3.43. The Labute approximate surface area is 208 Å². The van der Waals surface area contributed by atoms with Gasteiger partial charge in [-0.1, -0.05) is 17.7 Å². The average Bonchev–Trinajstić information content (AvgIpc) is 2.85. The summed E-state index contributed by atoms with van der Waals surface area (Å²) < 4.78 is 21.8. The van der Waals surface area contributed by atoms with Crippen LogP contribution < -0.4 is 24.4 Å². The van der Waals surface area contributed by atoms with Gasteiger partial charge in [-0.3, -0.25) is 4.79 Å². The minimum absolute atomic E-state index is 0.261. The second kappa shape index (κ2) is 12.4. The van der Waals surface area contributed by atoms with Gasteiger partial charge in [-0.2, -0.15) is 5.10 Å². The summed E-state index contributed by atoms with van der Waals surface area (Å²) >= 11 is 5.93. The quantitative estimate of drug-likeness (QED) is 0.186. The predicted molar refractivity (Wildman–Crippen MR) is 133 cm³/mol. The van der Waals surface area contributed by atoms with Gasteiger partial charge in [-0.05, 0) is 80.1 Å². The lowest BCUT2D eigenvalue weighted by Crippen LogP contribution is -2.33. The minimum atomic E-state index is -0.788. The lowest BCUT2D eigenvalue weighted by molar-refractivity contribution is -0.127. The zero-order chi connectivity index (χ0) is 25.2. The summed E-state index contributed by atoms with van der Waals surface area (Å²) in [4.78, 5) is 24.8. The number of ether oxygens (including phenoxy) is 4. The van der Waals surface area contributed by atoms with E-state index >= 15 is 0 Å². The van der Waals surface area contributed by atoms with Gasteiger partial charge >= 0.3 is 5.97 Å². The number of hydrogen-bond acceptors (Lipinski definition) is 7. The smallest absolute Gasteiger partial charge is 0.343 e. The van der Waals surface area contributed by atoms with Crippen molar-refractivity contribution in [3.05, 3.63) is 82.9 Å². The topological polar surface area (TPSA) is 95.5 Å². The molecule has 9 heteroatoms. The van der Waals surface area contributed by atoms with Crippen molar-refractivity contribution in [2.24, 2.45) is 5.10 Å². The molecular formula is C26H25ClN2O6. The van der Waals surface area contributed by atoms with E-state index in [-0.39, 0.29) is 5.75 Å². The summed E-state index contributed by atoms with van der Waals surface area (Å²) in [6.07, 6.45) is 0.658. The molecule has 3 aromatic carbocycles. The molecule has 0 saturated heterocycles. The van der Waals surface area contributed by atoms with Crippen LogP contribution in [0, 0.1) is 0 Å². The fraction of sp³-hybridized carbons (Fsp3) is 0.192. The van der Waals surface area contributed by atoms with Crippen LogP contribution in [0.1, 0.15) is 29.8 Å². The number of esters is 1. The number of carbonyl (C=O) groups excluding carboxylic acids is 2. The van der Waals surface area contributed by atoms with Crippen LogP contribution >= 0.6 is 11.6 Å². The first kappa shape index (κ1) is 25.6. The third-order valence-electron chi connectivity index (χ3n) is 4.66. The Bertz CT molecular complexity index is 1200. The zero-order valence-electron chi connectivity index (χ0n) is 19.5. The molecule has 0 saturated carbocycles. The number of rotatable bonds is 10. The Morgan fingerprint density at radius 3 is 2.49 bits per heavy atom. The molecule has 182 valence electrons. The molecule has 1 N–H and O–H groups in total. The van der Waals surface area contributed by atoms with Crippen molar-refractivity contribution in [1.82, 2.24) is 5.43 Å². The molecule has 0 unspecified atom stereocenters. The lowest BCUT2D eigenvalue weighted by atomic mass is 10.2. The summed E-state index contributed by atoms with van der Waals surface area (Å²) in [7, 11) is 1.55. The molecule has 0 aliphatic rings. The van der Waals surface area contributed by atoms with E-state index < -0.39 is 18.0 Å². The summed E-state index contributed by atoms with van der Waals surface area (Å²) in [5.74, 6) is 0.773. The number of nitrogens with zero attached hydrogens (tertiary/aromatic N) is 1. The molecule has 3 rings (SSSR count). The molecule has 0 bridgehead atoms. The minimum Gasteiger partial charge on any atom is -0.497 e. The lowest BCUT2D eigenvalue weighted by Gasteiger charge is -2.13. The van der Waals surface area contributed by atoms with Crippen LogP contribution in [0.4, 0.5) is 0 Å². The number of nitrogens with one attached hydrogen (secondary N) is 1. The highest BCUT2D eigenvalue weighted by Crippen LogP contribution is 2.29. The van der Waals surface area contributed by atoms with Crippen LogP contribution in [0.2, 0.25) is 5.02 Å².